The zero-order chi connectivity index (χ0) is 13.9. The molecule has 0 aliphatic heterocycles. The minimum Gasteiger partial charge on any atom is -0.331 e. The van der Waals surface area contributed by atoms with Gasteiger partial charge < -0.3 is 10.6 Å². The minimum absolute atomic E-state index is 0.0881. The first kappa shape index (κ1) is 15.3. The van der Waals surface area contributed by atoms with E-state index in [0.717, 1.165) is 17.7 Å². The lowest BCUT2D eigenvalue weighted by atomic mass is 10.1. The number of rotatable bonds is 6. The highest BCUT2D eigenvalue weighted by Gasteiger charge is 2.40. The average molecular weight is 266 g/mol. The molecule has 0 aromatic heterocycles. The summed E-state index contributed by atoms with van der Waals surface area (Å²) in [5.74, 6) is -0.212. The average Bonchev–Trinajstić information content (AvgIpc) is 3.03. The maximum atomic E-state index is 12.5. The number of nitrogens with zero attached hydrogens (tertiary/aromatic N) is 1. The van der Waals surface area contributed by atoms with Crippen LogP contribution in [0.4, 0.5) is 13.2 Å². The Balaban J connectivity index is 2.60. The Morgan fingerprint density at radius 2 is 1.94 bits per heavy atom. The summed E-state index contributed by atoms with van der Waals surface area (Å²) in [6.45, 7) is 2.29. The molecular formula is C12H21F3N2O. The van der Waals surface area contributed by atoms with Gasteiger partial charge in [0.15, 0.2) is 0 Å². The second-order valence-corrected chi connectivity index (χ2v) is 5.23. The molecule has 0 spiro atoms. The highest BCUT2D eigenvalue weighted by Crippen LogP contribution is 2.36. The molecule has 2 N–H and O–H groups in total. The Kier molecular flexibility index (Phi) is 5.01. The predicted octanol–water partition coefficient (Wildman–Crippen LogP) is 2.30. The third-order valence-corrected chi connectivity index (χ3v) is 3.28. The van der Waals surface area contributed by atoms with E-state index in [9.17, 15) is 18.0 Å². The van der Waals surface area contributed by atoms with Crippen molar-refractivity contribution in [2.75, 3.05) is 6.54 Å². The van der Waals surface area contributed by atoms with Gasteiger partial charge in [0, 0.05) is 18.5 Å². The number of halogens is 3. The Morgan fingerprint density at radius 1 is 1.39 bits per heavy atom. The molecule has 0 aromatic rings. The summed E-state index contributed by atoms with van der Waals surface area (Å²) < 4.78 is 37.5. The minimum atomic E-state index is -4.34. The smallest absolute Gasteiger partial charge is 0.331 e. The summed E-state index contributed by atoms with van der Waals surface area (Å²) in [6.07, 6.45) is -2.01. The van der Waals surface area contributed by atoms with Crippen LogP contribution in [0.2, 0.25) is 0 Å². The van der Waals surface area contributed by atoms with Crippen molar-refractivity contribution in [2.24, 2.45) is 11.7 Å². The van der Waals surface area contributed by atoms with Crippen molar-refractivity contribution < 1.29 is 18.0 Å². The molecule has 18 heavy (non-hydrogen) atoms. The fourth-order valence-electron chi connectivity index (χ4n) is 1.98. The number of carbonyl (C=O) groups is 1. The molecule has 2 atom stereocenters. The van der Waals surface area contributed by atoms with Crippen molar-refractivity contribution in [2.45, 2.75) is 57.8 Å². The second kappa shape index (κ2) is 5.91. The maximum Gasteiger partial charge on any atom is 0.406 e. The van der Waals surface area contributed by atoms with E-state index in [2.05, 4.69) is 0 Å². The number of hydrogen-bond donors (Lipinski definition) is 1. The van der Waals surface area contributed by atoms with Crippen LogP contribution in [0, 0.1) is 5.92 Å². The number of carbonyl (C=O) groups excluding carboxylic acids is 1. The summed E-state index contributed by atoms with van der Waals surface area (Å²) in [4.78, 5) is 12.8. The lowest BCUT2D eigenvalue weighted by molar-refractivity contribution is -0.166. The number of amides is 1. The first-order valence-corrected chi connectivity index (χ1v) is 6.32. The molecule has 1 rings (SSSR count). The topological polar surface area (TPSA) is 46.3 Å². The number of nitrogens with two attached hydrogens (primary N) is 1. The molecule has 0 saturated heterocycles. The van der Waals surface area contributed by atoms with E-state index < -0.39 is 18.6 Å². The molecule has 1 aliphatic carbocycles. The molecule has 0 heterocycles. The highest BCUT2D eigenvalue weighted by atomic mass is 19.4. The summed E-state index contributed by atoms with van der Waals surface area (Å²) in [5, 5.41) is 0. The predicted molar refractivity (Wildman–Crippen MR) is 62.8 cm³/mol. The van der Waals surface area contributed by atoms with Gasteiger partial charge in [0.05, 0.1) is 0 Å². The Hall–Kier alpha value is -0.780. The molecular weight excluding hydrogens is 245 g/mol. The molecule has 1 fully saturated rings. The lowest BCUT2D eigenvalue weighted by Crippen LogP contribution is -2.45. The summed E-state index contributed by atoms with van der Waals surface area (Å²) >= 11 is 0. The normalized spacial score (nSPS) is 19.4. The van der Waals surface area contributed by atoms with Crippen molar-refractivity contribution in [3.05, 3.63) is 0 Å². The Morgan fingerprint density at radius 3 is 2.33 bits per heavy atom. The number of alkyl halides is 3. The van der Waals surface area contributed by atoms with Crippen molar-refractivity contribution in [3.63, 3.8) is 0 Å². The molecule has 1 amide bonds. The van der Waals surface area contributed by atoms with Gasteiger partial charge in [-0.15, -0.1) is 0 Å². The standard InChI is InChI=1S/C12H21F3N2O/c1-8(16)3-6-11(18)17(7-12(13,14)15)9(2)10-4-5-10/h8-10H,3-7,16H2,1-2H3. The monoisotopic (exact) mass is 266 g/mol. The van der Waals surface area contributed by atoms with Gasteiger partial charge in [-0.25, -0.2) is 0 Å². The van der Waals surface area contributed by atoms with E-state index in [0.29, 0.717) is 6.42 Å². The van der Waals surface area contributed by atoms with Gasteiger partial charge in [-0.2, -0.15) is 13.2 Å². The van der Waals surface area contributed by atoms with Gasteiger partial charge in [-0.1, -0.05) is 0 Å². The maximum absolute atomic E-state index is 12.5. The largest absolute Gasteiger partial charge is 0.406 e. The van der Waals surface area contributed by atoms with E-state index in [-0.39, 0.29) is 24.4 Å². The zero-order valence-corrected chi connectivity index (χ0v) is 10.8. The van der Waals surface area contributed by atoms with E-state index in [1.807, 2.05) is 0 Å². The van der Waals surface area contributed by atoms with Crippen LogP contribution < -0.4 is 5.73 Å². The van der Waals surface area contributed by atoms with Crippen LogP contribution >= 0.6 is 0 Å². The zero-order valence-electron chi connectivity index (χ0n) is 10.8. The SMILES string of the molecule is CC(N)CCC(=O)N(CC(F)(F)F)C(C)C1CC1. The lowest BCUT2D eigenvalue weighted by Gasteiger charge is -2.30. The molecule has 0 bridgehead atoms. The third kappa shape index (κ3) is 5.25. The Labute approximate surface area is 106 Å². The van der Waals surface area contributed by atoms with E-state index in [1.165, 1.54) is 0 Å². The second-order valence-electron chi connectivity index (χ2n) is 5.23. The van der Waals surface area contributed by atoms with Crippen LogP contribution in [0.5, 0.6) is 0 Å². The summed E-state index contributed by atoms with van der Waals surface area (Å²) in [7, 11) is 0. The van der Waals surface area contributed by atoms with E-state index in [4.69, 9.17) is 5.73 Å². The van der Waals surface area contributed by atoms with Crippen LogP contribution in [0.3, 0.4) is 0 Å². The van der Waals surface area contributed by atoms with Crippen LogP contribution in [-0.2, 0) is 4.79 Å². The van der Waals surface area contributed by atoms with Gasteiger partial charge in [0.25, 0.3) is 0 Å². The van der Waals surface area contributed by atoms with Gasteiger partial charge in [0.2, 0.25) is 5.91 Å². The molecule has 6 heteroatoms. The van der Waals surface area contributed by atoms with Crippen molar-refractivity contribution in [1.82, 2.24) is 4.90 Å². The summed E-state index contributed by atoms with van der Waals surface area (Å²) in [6, 6.07) is -0.495. The van der Waals surface area contributed by atoms with Gasteiger partial charge in [-0.05, 0) is 39.0 Å². The summed E-state index contributed by atoms with van der Waals surface area (Å²) in [5.41, 5.74) is 5.52. The molecule has 2 unspecified atom stereocenters. The van der Waals surface area contributed by atoms with Crippen LogP contribution in [0.1, 0.15) is 39.5 Å². The quantitative estimate of drug-likeness (QED) is 0.802. The molecule has 1 aliphatic rings. The van der Waals surface area contributed by atoms with Crippen molar-refractivity contribution in [1.29, 1.82) is 0 Å². The van der Waals surface area contributed by atoms with Gasteiger partial charge in [-0.3, -0.25) is 4.79 Å². The van der Waals surface area contributed by atoms with Gasteiger partial charge >= 0.3 is 6.18 Å². The Bertz CT molecular complexity index is 288. The fraction of sp³-hybridized carbons (Fsp3) is 0.917. The fourth-order valence-corrected chi connectivity index (χ4v) is 1.98. The van der Waals surface area contributed by atoms with Crippen molar-refractivity contribution >= 4 is 5.91 Å². The molecule has 106 valence electrons. The van der Waals surface area contributed by atoms with Crippen LogP contribution in [0.15, 0.2) is 0 Å². The third-order valence-electron chi connectivity index (χ3n) is 3.28. The molecule has 1 saturated carbocycles. The van der Waals surface area contributed by atoms with Crippen molar-refractivity contribution in [3.8, 4) is 0 Å². The first-order chi connectivity index (χ1) is 8.20. The first-order valence-electron chi connectivity index (χ1n) is 6.32. The molecule has 3 nitrogen and oxygen atoms in total. The van der Waals surface area contributed by atoms with E-state index in [1.54, 1.807) is 13.8 Å². The molecule has 0 radical (unpaired) electrons. The van der Waals surface area contributed by atoms with Gasteiger partial charge in [0.1, 0.15) is 6.54 Å². The van der Waals surface area contributed by atoms with Crippen LogP contribution in [0.25, 0.3) is 0 Å². The van der Waals surface area contributed by atoms with E-state index >= 15 is 0 Å². The number of hydrogen-bond acceptors (Lipinski definition) is 2. The van der Waals surface area contributed by atoms with Crippen LogP contribution in [-0.4, -0.2) is 35.6 Å². The molecule has 0 aromatic carbocycles. The highest BCUT2D eigenvalue weighted by molar-refractivity contribution is 5.76.